The van der Waals surface area contributed by atoms with Crippen LogP contribution in [-0.4, -0.2) is 47.7 Å². The average molecular weight is 439 g/mol. The van der Waals surface area contributed by atoms with Crippen LogP contribution in [0.3, 0.4) is 0 Å². The summed E-state index contributed by atoms with van der Waals surface area (Å²) in [5.74, 6) is 1.43. The Labute approximate surface area is 194 Å². The van der Waals surface area contributed by atoms with Crippen LogP contribution in [0.15, 0.2) is 48.1 Å². The monoisotopic (exact) mass is 438 g/mol. The normalized spacial score (nSPS) is 25.2. The minimum atomic E-state index is -0.221. The Morgan fingerprint density at radius 1 is 1.28 bits per heavy atom. The number of carbonyl (C=O) groups is 1. The molecule has 1 aromatic carbocycles. The van der Waals surface area contributed by atoms with Crippen LogP contribution in [0.5, 0.6) is 0 Å². The molecule has 0 unspecified atom stereocenters. The molecular formula is C28H42N2O2. The molecule has 176 valence electrons. The molecular weight excluding hydrogens is 396 g/mol. The molecule has 1 fully saturated rings. The molecule has 4 atom stereocenters. The fourth-order valence-electron chi connectivity index (χ4n) is 5.10. The van der Waals surface area contributed by atoms with Crippen LogP contribution in [0.25, 0.3) is 0 Å². The van der Waals surface area contributed by atoms with Crippen LogP contribution in [0.1, 0.15) is 57.6 Å². The van der Waals surface area contributed by atoms with Gasteiger partial charge in [-0.15, -0.1) is 0 Å². The van der Waals surface area contributed by atoms with Gasteiger partial charge in [0.2, 0.25) is 5.91 Å². The van der Waals surface area contributed by atoms with Gasteiger partial charge in [0.25, 0.3) is 0 Å². The van der Waals surface area contributed by atoms with Crippen LogP contribution >= 0.6 is 0 Å². The number of nitrogens with one attached hydrogen (secondary N) is 1. The van der Waals surface area contributed by atoms with Crippen LogP contribution in [0, 0.1) is 24.7 Å². The zero-order chi connectivity index (χ0) is 23.3. The lowest BCUT2D eigenvalue weighted by atomic mass is 9.89. The molecule has 3 rings (SSSR count). The first-order chi connectivity index (χ1) is 15.1. The third-order valence-corrected chi connectivity index (χ3v) is 7.27. The highest BCUT2D eigenvalue weighted by molar-refractivity contribution is 5.78. The molecule has 0 heterocycles. The van der Waals surface area contributed by atoms with E-state index in [1.807, 2.05) is 7.05 Å². The molecule has 0 saturated heterocycles. The molecule has 2 N–H and O–H groups in total. The Balaban J connectivity index is 1.41. The van der Waals surface area contributed by atoms with Gasteiger partial charge in [-0.3, -0.25) is 4.79 Å². The van der Waals surface area contributed by atoms with Gasteiger partial charge in [0.15, 0.2) is 0 Å². The van der Waals surface area contributed by atoms with E-state index in [4.69, 9.17) is 0 Å². The van der Waals surface area contributed by atoms with Crippen LogP contribution in [-0.2, 0) is 11.2 Å². The van der Waals surface area contributed by atoms with Crippen molar-refractivity contribution in [3.63, 3.8) is 0 Å². The van der Waals surface area contributed by atoms with E-state index in [-0.39, 0.29) is 23.5 Å². The number of nitrogens with zero attached hydrogens (tertiary/aromatic N) is 1. The molecule has 1 amide bonds. The van der Waals surface area contributed by atoms with Gasteiger partial charge in [-0.05, 0) is 83.7 Å². The van der Waals surface area contributed by atoms with Crippen molar-refractivity contribution in [1.82, 2.24) is 10.2 Å². The van der Waals surface area contributed by atoms with Crippen molar-refractivity contribution in [2.24, 2.45) is 17.8 Å². The molecule has 1 aromatic rings. The maximum Gasteiger partial charge on any atom is 0.236 e. The van der Waals surface area contributed by atoms with E-state index in [2.05, 4.69) is 75.5 Å². The van der Waals surface area contributed by atoms with E-state index in [1.165, 1.54) is 16.7 Å². The van der Waals surface area contributed by atoms with Gasteiger partial charge in [-0.25, -0.2) is 0 Å². The Morgan fingerprint density at radius 2 is 2.06 bits per heavy atom. The predicted molar refractivity (Wildman–Crippen MR) is 132 cm³/mol. The highest BCUT2D eigenvalue weighted by atomic mass is 16.3. The fraction of sp³-hybridized carbons (Fsp3) is 0.607. The SMILES string of the molecule is Cc1cccc(CC/C=C/[C@@H]2[C@H]3CC(CCNCC(=O)N(C)C(C)(C)C)=C[C@H]3C[C@H]2O)c1. The summed E-state index contributed by atoms with van der Waals surface area (Å²) in [4.78, 5) is 14.1. The zero-order valence-electron chi connectivity index (χ0n) is 20.6. The first kappa shape index (κ1) is 24.7. The number of rotatable bonds is 9. The van der Waals surface area contributed by atoms with Crippen LogP contribution in [0.2, 0.25) is 0 Å². The molecule has 0 bridgehead atoms. The Kier molecular flexibility index (Phi) is 8.35. The molecule has 2 aliphatic rings. The molecule has 32 heavy (non-hydrogen) atoms. The number of aliphatic hydroxyl groups is 1. The molecule has 0 aliphatic heterocycles. The van der Waals surface area contributed by atoms with E-state index in [0.29, 0.717) is 18.4 Å². The fourth-order valence-corrected chi connectivity index (χ4v) is 5.10. The summed E-state index contributed by atoms with van der Waals surface area (Å²) >= 11 is 0. The van der Waals surface area contributed by atoms with Gasteiger partial charge < -0.3 is 15.3 Å². The summed E-state index contributed by atoms with van der Waals surface area (Å²) in [6.45, 7) is 9.50. The number of fused-ring (bicyclic) bond motifs is 1. The van der Waals surface area contributed by atoms with Crippen molar-refractivity contribution in [2.45, 2.75) is 71.4 Å². The number of hydrogen-bond donors (Lipinski definition) is 2. The quantitative estimate of drug-likeness (QED) is 0.435. The number of benzene rings is 1. The highest BCUT2D eigenvalue weighted by Crippen LogP contribution is 2.47. The van der Waals surface area contributed by atoms with Gasteiger partial charge in [0, 0.05) is 18.5 Å². The second kappa shape index (κ2) is 10.8. The van der Waals surface area contributed by atoms with Gasteiger partial charge in [-0.2, -0.15) is 0 Å². The minimum Gasteiger partial charge on any atom is -0.392 e. The first-order valence-electron chi connectivity index (χ1n) is 12.2. The van der Waals surface area contributed by atoms with Gasteiger partial charge >= 0.3 is 0 Å². The number of amides is 1. The molecule has 4 nitrogen and oxygen atoms in total. The van der Waals surface area contributed by atoms with Crippen molar-refractivity contribution in [2.75, 3.05) is 20.1 Å². The van der Waals surface area contributed by atoms with Gasteiger partial charge in [-0.1, -0.05) is 53.6 Å². The molecule has 2 aliphatic carbocycles. The van der Waals surface area contributed by atoms with Crippen molar-refractivity contribution >= 4 is 5.91 Å². The van der Waals surface area contributed by atoms with Crippen molar-refractivity contribution in [3.05, 3.63) is 59.2 Å². The van der Waals surface area contributed by atoms with E-state index >= 15 is 0 Å². The molecule has 0 spiro atoms. The molecule has 0 aromatic heterocycles. The number of carbonyl (C=O) groups excluding carboxylic acids is 1. The number of aryl methyl sites for hydroxylation is 2. The Hall–Kier alpha value is -1.91. The van der Waals surface area contributed by atoms with Crippen LogP contribution < -0.4 is 5.32 Å². The highest BCUT2D eigenvalue weighted by Gasteiger charge is 2.43. The number of aliphatic hydroxyl groups excluding tert-OH is 1. The summed E-state index contributed by atoms with van der Waals surface area (Å²) in [7, 11) is 1.87. The van der Waals surface area contributed by atoms with E-state index in [9.17, 15) is 9.90 Å². The average Bonchev–Trinajstić information content (AvgIpc) is 3.24. The molecule has 4 heteroatoms. The smallest absolute Gasteiger partial charge is 0.236 e. The van der Waals surface area contributed by atoms with Gasteiger partial charge in [0.1, 0.15) is 0 Å². The van der Waals surface area contributed by atoms with E-state index < -0.39 is 0 Å². The van der Waals surface area contributed by atoms with E-state index in [1.54, 1.807) is 4.90 Å². The second-order valence-corrected chi connectivity index (χ2v) is 10.7. The number of likely N-dealkylation sites (N-methyl/N-ethyl adjacent to an activating group) is 1. The second-order valence-electron chi connectivity index (χ2n) is 10.7. The lowest BCUT2D eigenvalue weighted by Crippen LogP contribution is -2.46. The van der Waals surface area contributed by atoms with Crippen molar-refractivity contribution in [3.8, 4) is 0 Å². The lowest BCUT2D eigenvalue weighted by molar-refractivity contribution is -0.133. The van der Waals surface area contributed by atoms with Crippen LogP contribution in [0.4, 0.5) is 0 Å². The van der Waals surface area contributed by atoms with E-state index in [0.717, 1.165) is 38.6 Å². The summed E-state index contributed by atoms with van der Waals surface area (Å²) < 4.78 is 0. The summed E-state index contributed by atoms with van der Waals surface area (Å²) in [6.07, 6.45) is 11.7. The summed E-state index contributed by atoms with van der Waals surface area (Å²) in [5.41, 5.74) is 4.02. The molecule has 0 radical (unpaired) electrons. The lowest BCUT2D eigenvalue weighted by Gasteiger charge is -2.32. The number of allylic oxidation sites excluding steroid dienone is 2. The largest absolute Gasteiger partial charge is 0.392 e. The third-order valence-electron chi connectivity index (χ3n) is 7.27. The Bertz CT molecular complexity index is 836. The maximum absolute atomic E-state index is 12.3. The summed E-state index contributed by atoms with van der Waals surface area (Å²) in [5, 5.41) is 13.9. The van der Waals surface area contributed by atoms with Crippen molar-refractivity contribution in [1.29, 1.82) is 0 Å². The minimum absolute atomic E-state index is 0.133. The standard InChI is InChI=1S/C28H42N2O2/c1-20-9-8-11-21(15-20)10-6-7-12-24-25-17-22(16-23(25)18-26(24)31)13-14-29-19-27(32)30(5)28(2,3)4/h7-9,11-12,15-16,23-26,29,31H,6,10,13-14,17-19H2,1-5H3/b12-7+/t23-,24+,25-,26+/m0/s1. The summed E-state index contributed by atoms with van der Waals surface area (Å²) in [6, 6.07) is 8.71. The molecule has 1 saturated carbocycles. The Morgan fingerprint density at radius 3 is 2.78 bits per heavy atom. The van der Waals surface area contributed by atoms with Gasteiger partial charge in [0.05, 0.1) is 12.6 Å². The predicted octanol–water partition coefficient (Wildman–Crippen LogP) is 4.66. The first-order valence-corrected chi connectivity index (χ1v) is 12.2. The third kappa shape index (κ3) is 6.55. The van der Waals surface area contributed by atoms with Crippen molar-refractivity contribution < 1.29 is 9.90 Å². The number of hydrogen-bond acceptors (Lipinski definition) is 3. The maximum atomic E-state index is 12.3. The zero-order valence-corrected chi connectivity index (χ0v) is 20.6. The topological polar surface area (TPSA) is 52.6 Å².